The van der Waals surface area contributed by atoms with E-state index in [9.17, 15) is 13.2 Å². The van der Waals surface area contributed by atoms with Crippen LogP contribution in [0.1, 0.15) is 17.2 Å². The van der Waals surface area contributed by atoms with E-state index in [1.165, 1.54) is 17.0 Å². The van der Waals surface area contributed by atoms with Gasteiger partial charge < -0.3 is 10.4 Å². The molecule has 0 amide bonds. The summed E-state index contributed by atoms with van der Waals surface area (Å²) in [4.78, 5) is 1.53. The van der Waals surface area contributed by atoms with Crippen LogP contribution in [-0.2, 0) is 0 Å². The van der Waals surface area contributed by atoms with E-state index in [1.807, 2.05) is 0 Å². The molecule has 1 atom stereocenters. The van der Waals surface area contributed by atoms with Gasteiger partial charge in [-0.15, -0.1) is 0 Å². The first kappa shape index (κ1) is 15.3. The molecule has 1 aliphatic rings. The second-order valence-corrected chi connectivity index (χ2v) is 5.13. The molecule has 0 spiro atoms. The Hall–Kier alpha value is -1.11. The Morgan fingerprint density at radius 2 is 2.00 bits per heavy atom. The van der Waals surface area contributed by atoms with Gasteiger partial charge in [0.1, 0.15) is 18.5 Å². The van der Waals surface area contributed by atoms with Crippen LogP contribution in [0.25, 0.3) is 0 Å². The summed E-state index contributed by atoms with van der Waals surface area (Å²) in [5, 5.41) is 12.1. The van der Waals surface area contributed by atoms with Crippen LogP contribution in [0.2, 0.25) is 0 Å². The first-order chi connectivity index (χ1) is 9.45. The Morgan fingerprint density at radius 3 is 2.55 bits per heavy atom. The zero-order chi connectivity index (χ0) is 14.8. The van der Waals surface area contributed by atoms with Crippen molar-refractivity contribution in [2.24, 2.45) is 0 Å². The Morgan fingerprint density at radius 1 is 1.35 bits per heavy atom. The van der Waals surface area contributed by atoms with Gasteiger partial charge in [0.2, 0.25) is 0 Å². The summed E-state index contributed by atoms with van der Waals surface area (Å²) in [5.74, 6) is -4.03. The molecule has 20 heavy (non-hydrogen) atoms. The molecular weight excluding hydrogens is 269 g/mol. The molecule has 2 rings (SSSR count). The zero-order valence-electron chi connectivity index (χ0n) is 11.4. The minimum Gasteiger partial charge on any atom is -0.390 e. The molecule has 0 radical (unpaired) electrons. The fraction of sp³-hybridized carbons (Fsp3) is 0.571. The van der Waals surface area contributed by atoms with Gasteiger partial charge in [-0.05, 0) is 18.6 Å². The number of hydrogen-bond donors (Lipinski definition) is 2. The molecular formula is C14H19F3N2O. The van der Waals surface area contributed by atoms with Gasteiger partial charge in [0.05, 0.1) is 0 Å². The van der Waals surface area contributed by atoms with Crippen LogP contribution in [0, 0.1) is 12.7 Å². The van der Waals surface area contributed by atoms with E-state index >= 15 is 0 Å². The average Bonchev–Trinajstić information content (AvgIpc) is 2.43. The predicted octanol–water partition coefficient (Wildman–Crippen LogP) is 1.71. The number of nitrogens with one attached hydrogen (secondary N) is 1. The highest BCUT2D eigenvalue weighted by molar-refractivity contribution is 5.28. The van der Waals surface area contributed by atoms with Crippen LogP contribution < -0.4 is 5.32 Å². The lowest BCUT2D eigenvalue weighted by atomic mass is 9.96. The molecule has 1 aromatic carbocycles. The Labute approximate surface area is 116 Å². The largest absolute Gasteiger partial charge is 0.390 e. The standard InChI is InChI=1S/C14H19F3N2O/c1-10-2-3-11(12(15)8-10)13(14(16,17)9-20)19-6-4-18-5-7-19/h2-3,8,13,18,20H,4-7,9H2,1H3/t13-/m0/s1. The third-order valence-electron chi connectivity index (χ3n) is 3.58. The van der Waals surface area contributed by atoms with Gasteiger partial charge in [0.15, 0.2) is 0 Å². The van der Waals surface area contributed by atoms with E-state index in [2.05, 4.69) is 5.32 Å². The van der Waals surface area contributed by atoms with Gasteiger partial charge in [-0.3, -0.25) is 4.90 Å². The minimum atomic E-state index is -3.38. The summed E-state index contributed by atoms with van der Waals surface area (Å²) >= 11 is 0. The summed E-state index contributed by atoms with van der Waals surface area (Å²) in [5.41, 5.74) is 0.620. The monoisotopic (exact) mass is 288 g/mol. The maximum absolute atomic E-state index is 14.1. The van der Waals surface area contributed by atoms with Gasteiger partial charge in [0.25, 0.3) is 5.92 Å². The highest BCUT2D eigenvalue weighted by atomic mass is 19.3. The number of benzene rings is 1. The lowest BCUT2D eigenvalue weighted by Crippen LogP contribution is -2.51. The average molecular weight is 288 g/mol. The third kappa shape index (κ3) is 3.13. The molecule has 1 saturated heterocycles. The Balaban J connectivity index is 2.39. The quantitative estimate of drug-likeness (QED) is 0.885. The summed E-state index contributed by atoms with van der Waals surface area (Å²) in [7, 11) is 0. The zero-order valence-corrected chi connectivity index (χ0v) is 11.4. The van der Waals surface area contributed by atoms with Gasteiger partial charge in [-0.25, -0.2) is 13.2 Å². The normalized spacial score (nSPS) is 19.1. The van der Waals surface area contributed by atoms with Crippen molar-refractivity contribution in [3.63, 3.8) is 0 Å². The van der Waals surface area contributed by atoms with E-state index in [-0.39, 0.29) is 5.56 Å². The van der Waals surface area contributed by atoms with E-state index in [0.29, 0.717) is 31.7 Å². The number of alkyl halides is 2. The number of aliphatic hydroxyl groups excluding tert-OH is 1. The topological polar surface area (TPSA) is 35.5 Å². The second kappa shape index (κ2) is 6.11. The minimum absolute atomic E-state index is 0.0587. The molecule has 1 heterocycles. The number of piperazine rings is 1. The number of aliphatic hydroxyl groups is 1. The molecule has 0 unspecified atom stereocenters. The number of halogens is 3. The fourth-order valence-electron chi connectivity index (χ4n) is 2.57. The summed E-state index contributed by atoms with van der Waals surface area (Å²) < 4.78 is 42.2. The van der Waals surface area contributed by atoms with Gasteiger partial charge in [0, 0.05) is 31.7 Å². The molecule has 0 aliphatic carbocycles. The highest BCUT2D eigenvalue weighted by Gasteiger charge is 2.45. The van der Waals surface area contributed by atoms with Gasteiger partial charge >= 0.3 is 0 Å². The third-order valence-corrected chi connectivity index (χ3v) is 3.58. The molecule has 1 aromatic rings. The second-order valence-electron chi connectivity index (χ2n) is 5.13. The van der Waals surface area contributed by atoms with Gasteiger partial charge in [-0.1, -0.05) is 12.1 Å². The van der Waals surface area contributed by atoms with Crippen LogP contribution in [-0.4, -0.2) is 48.7 Å². The number of rotatable bonds is 4. The van der Waals surface area contributed by atoms with Crippen LogP contribution in [0.3, 0.4) is 0 Å². The van der Waals surface area contributed by atoms with Gasteiger partial charge in [-0.2, -0.15) is 0 Å². The van der Waals surface area contributed by atoms with Crippen LogP contribution >= 0.6 is 0 Å². The van der Waals surface area contributed by atoms with Crippen molar-refractivity contribution in [1.82, 2.24) is 10.2 Å². The summed E-state index contributed by atoms with van der Waals surface area (Å²) in [6.07, 6.45) is 0. The van der Waals surface area contributed by atoms with Crippen molar-refractivity contribution >= 4 is 0 Å². The molecule has 2 N–H and O–H groups in total. The van der Waals surface area contributed by atoms with Crippen molar-refractivity contribution in [3.05, 3.63) is 35.1 Å². The smallest absolute Gasteiger partial charge is 0.290 e. The first-order valence-electron chi connectivity index (χ1n) is 6.65. The van der Waals surface area contributed by atoms with Crippen LogP contribution in [0.5, 0.6) is 0 Å². The number of nitrogens with zero attached hydrogens (tertiary/aromatic N) is 1. The molecule has 0 bridgehead atoms. The fourth-order valence-corrected chi connectivity index (χ4v) is 2.57. The maximum Gasteiger partial charge on any atom is 0.290 e. The molecule has 1 fully saturated rings. The molecule has 0 aromatic heterocycles. The molecule has 3 nitrogen and oxygen atoms in total. The lowest BCUT2D eigenvalue weighted by Gasteiger charge is -2.38. The van der Waals surface area contributed by atoms with Crippen molar-refractivity contribution in [2.75, 3.05) is 32.8 Å². The van der Waals surface area contributed by atoms with Crippen molar-refractivity contribution in [1.29, 1.82) is 0 Å². The summed E-state index contributed by atoms with van der Waals surface area (Å²) in [6, 6.07) is 2.81. The van der Waals surface area contributed by atoms with E-state index < -0.39 is 24.4 Å². The predicted molar refractivity (Wildman–Crippen MR) is 70.4 cm³/mol. The number of aryl methyl sites for hydroxylation is 1. The maximum atomic E-state index is 14.1. The Kier molecular flexibility index (Phi) is 4.67. The molecule has 6 heteroatoms. The lowest BCUT2D eigenvalue weighted by molar-refractivity contribution is -0.119. The summed E-state index contributed by atoms with van der Waals surface area (Å²) in [6.45, 7) is 2.35. The van der Waals surface area contributed by atoms with Crippen molar-refractivity contribution in [2.45, 2.75) is 18.9 Å². The molecule has 1 aliphatic heterocycles. The first-order valence-corrected chi connectivity index (χ1v) is 6.65. The van der Waals surface area contributed by atoms with Crippen molar-refractivity contribution in [3.8, 4) is 0 Å². The van der Waals surface area contributed by atoms with Crippen LogP contribution in [0.15, 0.2) is 18.2 Å². The highest BCUT2D eigenvalue weighted by Crippen LogP contribution is 2.37. The van der Waals surface area contributed by atoms with E-state index in [1.54, 1.807) is 13.0 Å². The van der Waals surface area contributed by atoms with Crippen LogP contribution in [0.4, 0.5) is 13.2 Å². The van der Waals surface area contributed by atoms with E-state index in [4.69, 9.17) is 5.11 Å². The molecule has 0 saturated carbocycles. The van der Waals surface area contributed by atoms with E-state index in [0.717, 1.165) is 0 Å². The Bertz CT molecular complexity index is 462. The van der Waals surface area contributed by atoms with Crippen molar-refractivity contribution < 1.29 is 18.3 Å². The number of hydrogen-bond acceptors (Lipinski definition) is 3. The molecule has 112 valence electrons. The SMILES string of the molecule is Cc1ccc([C@H](N2CCNCC2)C(F)(F)CO)c(F)c1.